The highest BCUT2D eigenvalue weighted by Crippen LogP contribution is 2.38. The Kier molecular flexibility index (Phi) is 14.3. The van der Waals surface area contributed by atoms with Gasteiger partial charge in [-0.25, -0.2) is 24.0 Å². The second kappa shape index (κ2) is 21.2. The van der Waals surface area contributed by atoms with Gasteiger partial charge in [0.15, 0.2) is 18.0 Å². The van der Waals surface area contributed by atoms with Crippen LogP contribution in [0, 0.1) is 0 Å². The zero-order valence-electron chi connectivity index (χ0n) is 36.3. The number of fused-ring (bicyclic) bond motifs is 1. The van der Waals surface area contributed by atoms with E-state index in [9.17, 15) is 24.0 Å². The Morgan fingerprint density at radius 2 is 1.03 bits per heavy atom. The molecular formula is C53H44O14. The lowest BCUT2D eigenvalue weighted by atomic mass is 9.97. The zero-order chi connectivity index (χ0) is 46.7. The second-order valence-electron chi connectivity index (χ2n) is 15.5. The number of esters is 4. The molecule has 340 valence electrons. The predicted molar refractivity (Wildman–Crippen MR) is 242 cm³/mol. The van der Waals surface area contributed by atoms with Crippen molar-refractivity contribution in [3.63, 3.8) is 0 Å². The molecular weight excluding hydrogens is 861 g/mol. The monoisotopic (exact) mass is 904 g/mol. The van der Waals surface area contributed by atoms with Gasteiger partial charge in [-0.2, -0.15) is 0 Å². The topological polar surface area (TPSA) is 172 Å². The quantitative estimate of drug-likeness (QED) is 0.0512. The molecule has 0 aliphatic carbocycles. The van der Waals surface area contributed by atoms with Crippen molar-refractivity contribution in [3.8, 4) is 17.2 Å². The lowest BCUT2D eigenvalue weighted by Gasteiger charge is -2.44. The average Bonchev–Trinajstić information content (AvgIpc) is 3.36. The molecule has 0 amide bonds. The standard InChI is InChI=1S/C53H44O14/c1-33(2)61-46-43(59-31-34-18-8-3-9-19-34)40-29-28-39(30-41(40)63-52(46)58)62-53-47(67-51(57)38-26-16-7-17-27-38)45(66-50(56)37-24-14-6-15-25-37)44(65-49(55)36-22-12-5-13-23-36)42(64-53)32-60-48(54)35-20-10-4-11-21-35/h3-30,33,42,44-45,47,53H,31-32H2,1-2H3/t42-,44+,45+,47-,53-/m1/s1. The number of rotatable bonds is 16. The van der Waals surface area contributed by atoms with E-state index in [1.54, 1.807) is 105 Å². The van der Waals surface area contributed by atoms with E-state index < -0.39 is 72.9 Å². The van der Waals surface area contributed by atoms with Crippen LogP contribution in [0.3, 0.4) is 0 Å². The van der Waals surface area contributed by atoms with Crippen molar-refractivity contribution in [2.24, 2.45) is 0 Å². The summed E-state index contributed by atoms with van der Waals surface area (Å²) in [5.41, 5.74) is 0.656. The van der Waals surface area contributed by atoms with Crippen LogP contribution in [0.2, 0.25) is 0 Å². The Bertz CT molecular complexity index is 2850. The number of benzene rings is 6. The Balaban J connectivity index is 1.21. The molecule has 1 aromatic heterocycles. The fourth-order valence-corrected chi connectivity index (χ4v) is 7.18. The summed E-state index contributed by atoms with van der Waals surface area (Å²) in [4.78, 5) is 68.9. The first-order valence-electron chi connectivity index (χ1n) is 21.4. The van der Waals surface area contributed by atoms with E-state index in [0.717, 1.165) is 5.56 Å². The van der Waals surface area contributed by atoms with Gasteiger partial charge in [-0.15, -0.1) is 0 Å². The maximum atomic E-state index is 14.1. The van der Waals surface area contributed by atoms with Gasteiger partial charge in [0.05, 0.1) is 33.7 Å². The summed E-state index contributed by atoms with van der Waals surface area (Å²) < 4.78 is 55.1. The van der Waals surface area contributed by atoms with E-state index >= 15 is 0 Å². The molecule has 14 nitrogen and oxygen atoms in total. The van der Waals surface area contributed by atoms with E-state index in [2.05, 4.69) is 0 Å². The molecule has 7 aromatic rings. The van der Waals surface area contributed by atoms with Gasteiger partial charge >= 0.3 is 29.5 Å². The third kappa shape index (κ3) is 11.2. The summed E-state index contributed by atoms with van der Waals surface area (Å²) in [6.07, 6.45) is -8.42. The number of carbonyl (C=O) groups excluding carboxylic acids is 4. The molecule has 0 bridgehead atoms. The molecule has 1 aliphatic heterocycles. The molecule has 8 rings (SSSR count). The molecule has 0 N–H and O–H groups in total. The van der Waals surface area contributed by atoms with Crippen molar-refractivity contribution in [1.29, 1.82) is 0 Å². The first-order chi connectivity index (χ1) is 32.6. The van der Waals surface area contributed by atoms with Gasteiger partial charge in [0, 0.05) is 6.07 Å². The summed E-state index contributed by atoms with van der Waals surface area (Å²) in [5.74, 6) is -3.28. The molecule has 67 heavy (non-hydrogen) atoms. The SMILES string of the molecule is CC(C)Oc1c(OCc2ccccc2)c2ccc(O[C@@H]3O[C@H](COC(=O)c4ccccc4)[C@H](OC(=O)c4ccccc4)[C@H](OC(=O)c4ccccc4)[C@H]3OC(=O)c3ccccc3)cc2oc1=O. The van der Waals surface area contributed by atoms with Crippen LogP contribution in [0.25, 0.3) is 11.0 Å². The third-order valence-corrected chi connectivity index (χ3v) is 10.4. The van der Waals surface area contributed by atoms with Crippen LogP contribution in [-0.4, -0.2) is 67.3 Å². The van der Waals surface area contributed by atoms with E-state index in [4.69, 9.17) is 42.3 Å². The first-order valence-corrected chi connectivity index (χ1v) is 21.4. The fraction of sp³-hybridized carbons (Fsp3) is 0.189. The lowest BCUT2D eigenvalue weighted by molar-refractivity contribution is -0.275. The summed E-state index contributed by atoms with van der Waals surface area (Å²) in [7, 11) is 0. The van der Waals surface area contributed by atoms with Crippen molar-refractivity contribution in [3.05, 3.63) is 208 Å². The van der Waals surface area contributed by atoms with Gasteiger partial charge in [-0.1, -0.05) is 103 Å². The molecule has 14 heteroatoms. The van der Waals surface area contributed by atoms with Gasteiger partial charge in [-0.3, -0.25) is 0 Å². The van der Waals surface area contributed by atoms with Crippen molar-refractivity contribution in [2.45, 2.75) is 57.3 Å². The Hall–Kier alpha value is -8.23. The molecule has 1 fully saturated rings. The largest absolute Gasteiger partial charge is 0.484 e. The third-order valence-electron chi connectivity index (χ3n) is 10.4. The normalized spacial score (nSPS) is 17.7. The number of hydrogen-bond acceptors (Lipinski definition) is 14. The molecule has 0 spiro atoms. The van der Waals surface area contributed by atoms with Crippen molar-refractivity contribution in [2.75, 3.05) is 6.61 Å². The molecule has 1 aliphatic rings. The van der Waals surface area contributed by atoms with Crippen LogP contribution in [0.4, 0.5) is 0 Å². The smallest absolute Gasteiger partial charge is 0.383 e. The maximum absolute atomic E-state index is 14.1. The van der Waals surface area contributed by atoms with Gasteiger partial charge in [0.1, 0.15) is 30.7 Å². The summed E-state index contributed by atoms with van der Waals surface area (Å²) in [6.45, 7) is 3.07. The number of carbonyl (C=O) groups is 4. The second-order valence-corrected chi connectivity index (χ2v) is 15.5. The molecule has 2 heterocycles. The van der Waals surface area contributed by atoms with Gasteiger partial charge in [-0.05, 0) is 80.1 Å². The van der Waals surface area contributed by atoms with Gasteiger partial charge in [0.25, 0.3) is 0 Å². The van der Waals surface area contributed by atoms with E-state index in [-0.39, 0.29) is 51.7 Å². The molecule has 1 saturated heterocycles. The van der Waals surface area contributed by atoms with Crippen LogP contribution < -0.4 is 19.8 Å². The van der Waals surface area contributed by atoms with E-state index in [1.807, 2.05) is 30.3 Å². The summed E-state index contributed by atoms with van der Waals surface area (Å²) in [6, 6.07) is 46.1. The zero-order valence-corrected chi connectivity index (χ0v) is 36.3. The van der Waals surface area contributed by atoms with E-state index in [0.29, 0.717) is 5.39 Å². The molecule has 5 atom stereocenters. The molecule has 0 radical (unpaired) electrons. The van der Waals surface area contributed by atoms with Crippen molar-refractivity contribution >= 4 is 34.8 Å². The number of ether oxygens (including phenoxy) is 8. The van der Waals surface area contributed by atoms with E-state index in [1.165, 1.54) is 48.5 Å². The summed E-state index contributed by atoms with van der Waals surface area (Å²) >= 11 is 0. The van der Waals surface area contributed by atoms with Crippen LogP contribution >= 0.6 is 0 Å². The molecule has 0 saturated carbocycles. The highest BCUT2D eigenvalue weighted by Gasteiger charge is 2.54. The number of hydrogen-bond donors (Lipinski definition) is 0. The van der Waals surface area contributed by atoms with Crippen LogP contribution in [-0.2, 0) is 30.3 Å². The average molecular weight is 905 g/mol. The predicted octanol–water partition coefficient (Wildman–Crippen LogP) is 8.80. The van der Waals surface area contributed by atoms with Crippen LogP contribution in [0.1, 0.15) is 60.8 Å². The highest BCUT2D eigenvalue weighted by molar-refractivity contribution is 5.92. The summed E-state index contributed by atoms with van der Waals surface area (Å²) in [5, 5.41) is 0.364. The Morgan fingerprint density at radius 1 is 0.552 bits per heavy atom. The highest BCUT2D eigenvalue weighted by atomic mass is 16.7. The lowest BCUT2D eigenvalue weighted by Crippen LogP contribution is -2.63. The van der Waals surface area contributed by atoms with Crippen molar-refractivity contribution in [1.82, 2.24) is 0 Å². The minimum Gasteiger partial charge on any atom is -0.484 e. The Morgan fingerprint density at radius 3 is 1.55 bits per heavy atom. The maximum Gasteiger partial charge on any atom is 0.383 e. The van der Waals surface area contributed by atoms with Crippen LogP contribution in [0.15, 0.2) is 179 Å². The van der Waals surface area contributed by atoms with Crippen LogP contribution in [0.5, 0.6) is 17.2 Å². The first kappa shape index (κ1) is 45.3. The van der Waals surface area contributed by atoms with Gasteiger partial charge < -0.3 is 42.3 Å². The van der Waals surface area contributed by atoms with Gasteiger partial charge in [0.2, 0.25) is 18.1 Å². The minimum absolute atomic E-state index is 0.0286. The van der Waals surface area contributed by atoms with Crippen molar-refractivity contribution < 1.29 is 61.5 Å². The molecule has 0 unspecified atom stereocenters. The molecule has 6 aromatic carbocycles. The minimum atomic E-state index is -1.68. The Labute approximate surface area is 384 Å². The fourth-order valence-electron chi connectivity index (χ4n) is 7.18.